The van der Waals surface area contributed by atoms with Gasteiger partial charge in [-0.3, -0.25) is 0 Å². The van der Waals surface area contributed by atoms with Crippen LogP contribution in [0.4, 0.5) is 0 Å². The molecule has 2 unspecified atom stereocenters. The Morgan fingerprint density at radius 1 is 1.00 bits per heavy atom. The summed E-state index contributed by atoms with van der Waals surface area (Å²) in [7, 11) is 0. The van der Waals surface area contributed by atoms with Crippen molar-refractivity contribution in [2.45, 2.75) is 26.1 Å². The number of hydrogen-bond acceptors (Lipinski definition) is 4. The molecule has 0 amide bonds. The van der Waals surface area contributed by atoms with Crippen LogP contribution in [-0.2, 0) is 9.47 Å². The van der Waals surface area contributed by atoms with E-state index in [4.69, 9.17) is 33.9 Å². The van der Waals surface area contributed by atoms with Gasteiger partial charge in [-0.05, 0) is 38.3 Å². The molecule has 2 nitrogen and oxygen atoms in total. The molecule has 0 N–H and O–H groups in total. The fourth-order valence-electron chi connectivity index (χ4n) is 0.636. The minimum Gasteiger partial charge on any atom is -0.472 e. The first-order valence-electron chi connectivity index (χ1n) is 3.02. The van der Waals surface area contributed by atoms with E-state index in [1.165, 1.54) is 0 Å². The van der Waals surface area contributed by atoms with Crippen molar-refractivity contribution >= 4 is 34.5 Å². The van der Waals surface area contributed by atoms with E-state index >= 15 is 0 Å². The Labute approximate surface area is 70.5 Å². The maximum absolute atomic E-state index is 5.18. The number of ether oxygens (including phenoxy) is 2. The lowest BCUT2D eigenvalue weighted by atomic mass is 10.3. The summed E-state index contributed by atoms with van der Waals surface area (Å²) in [6, 6.07) is 0. The third-order valence-electron chi connectivity index (χ3n) is 1.25. The van der Waals surface area contributed by atoms with Gasteiger partial charge in [0.15, 0.2) is 12.2 Å². The second kappa shape index (κ2) is 2.80. The summed E-state index contributed by atoms with van der Waals surface area (Å²) < 4.78 is 10.4. The summed E-state index contributed by atoms with van der Waals surface area (Å²) in [4.78, 5) is 0. The van der Waals surface area contributed by atoms with Gasteiger partial charge in [0.1, 0.15) is 0 Å². The number of hydrogen-bond donors (Lipinski definition) is 0. The molecule has 1 aliphatic heterocycles. The highest BCUT2D eigenvalue weighted by atomic mass is 32.1. The van der Waals surface area contributed by atoms with E-state index in [0.29, 0.717) is 10.1 Å². The molecule has 0 spiro atoms. The van der Waals surface area contributed by atoms with Gasteiger partial charge in [0, 0.05) is 0 Å². The van der Waals surface area contributed by atoms with Crippen LogP contribution in [0.3, 0.4) is 0 Å². The SMILES string of the molecule is CC1OC(=S)C(C)OC1=S. The number of rotatable bonds is 0. The molecule has 0 radical (unpaired) electrons. The Balaban J connectivity index is 2.63. The van der Waals surface area contributed by atoms with Gasteiger partial charge in [-0.1, -0.05) is 0 Å². The Morgan fingerprint density at radius 3 is 1.60 bits per heavy atom. The molecule has 1 rings (SSSR count). The summed E-state index contributed by atoms with van der Waals surface area (Å²) in [5.74, 6) is 0. The van der Waals surface area contributed by atoms with Crippen LogP contribution in [-0.4, -0.2) is 22.3 Å². The van der Waals surface area contributed by atoms with Crippen molar-refractivity contribution in [1.29, 1.82) is 0 Å². The largest absolute Gasteiger partial charge is 0.472 e. The van der Waals surface area contributed by atoms with E-state index in [1.807, 2.05) is 13.8 Å². The van der Waals surface area contributed by atoms with Gasteiger partial charge in [0.25, 0.3) is 0 Å². The first-order valence-corrected chi connectivity index (χ1v) is 3.84. The monoisotopic (exact) mass is 176 g/mol. The maximum Gasteiger partial charge on any atom is 0.201 e. The zero-order valence-electron chi connectivity index (χ0n) is 5.79. The second-order valence-corrected chi connectivity index (χ2v) is 2.96. The van der Waals surface area contributed by atoms with E-state index < -0.39 is 0 Å². The quantitative estimate of drug-likeness (QED) is 0.520. The van der Waals surface area contributed by atoms with Gasteiger partial charge < -0.3 is 9.47 Å². The topological polar surface area (TPSA) is 18.5 Å². The second-order valence-electron chi connectivity index (χ2n) is 2.16. The average molecular weight is 176 g/mol. The van der Waals surface area contributed by atoms with Gasteiger partial charge in [-0.2, -0.15) is 0 Å². The normalized spacial score (nSPS) is 33.0. The first kappa shape index (κ1) is 7.88. The molecule has 1 heterocycles. The average Bonchev–Trinajstić information content (AvgIpc) is 1.84. The van der Waals surface area contributed by atoms with Crippen molar-refractivity contribution in [2.75, 3.05) is 0 Å². The summed E-state index contributed by atoms with van der Waals surface area (Å²) in [6.45, 7) is 3.64. The number of thiocarbonyl (C=S) groups is 2. The molecule has 0 aliphatic carbocycles. The van der Waals surface area contributed by atoms with E-state index in [9.17, 15) is 0 Å². The van der Waals surface area contributed by atoms with Gasteiger partial charge in [0.2, 0.25) is 10.1 Å². The van der Waals surface area contributed by atoms with E-state index in [2.05, 4.69) is 0 Å². The van der Waals surface area contributed by atoms with Crippen molar-refractivity contribution in [3.8, 4) is 0 Å². The predicted octanol–water partition coefficient (Wildman–Crippen LogP) is 1.47. The van der Waals surface area contributed by atoms with Crippen LogP contribution >= 0.6 is 24.4 Å². The van der Waals surface area contributed by atoms with Crippen LogP contribution in [0.5, 0.6) is 0 Å². The highest BCUT2D eigenvalue weighted by molar-refractivity contribution is 7.80. The van der Waals surface area contributed by atoms with E-state index in [1.54, 1.807) is 0 Å². The predicted molar refractivity (Wildman–Crippen MR) is 46.3 cm³/mol. The van der Waals surface area contributed by atoms with Crippen LogP contribution in [0.25, 0.3) is 0 Å². The summed E-state index contributed by atoms with van der Waals surface area (Å²) >= 11 is 9.70. The van der Waals surface area contributed by atoms with Crippen molar-refractivity contribution in [3.05, 3.63) is 0 Å². The van der Waals surface area contributed by atoms with Crippen LogP contribution in [0.1, 0.15) is 13.8 Å². The third kappa shape index (κ3) is 1.44. The van der Waals surface area contributed by atoms with Gasteiger partial charge in [-0.15, -0.1) is 0 Å². The fourth-order valence-corrected chi connectivity index (χ4v) is 1.02. The van der Waals surface area contributed by atoms with E-state index in [0.717, 1.165) is 0 Å². The van der Waals surface area contributed by atoms with Crippen LogP contribution in [0.15, 0.2) is 0 Å². The van der Waals surface area contributed by atoms with Gasteiger partial charge >= 0.3 is 0 Å². The Bertz CT molecular complexity index is 159. The third-order valence-corrected chi connectivity index (χ3v) is 2.11. The van der Waals surface area contributed by atoms with Crippen LogP contribution in [0, 0.1) is 0 Å². The molecule has 0 saturated carbocycles. The minimum absolute atomic E-state index is 0.168. The molecular weight excluding hydrogens is 168 g/mol. The van der Waals surface area contributed by atoms with Crippen molar-refractivity contribution in [1.82, 2.24) is 0 Å². The van der Waals surface area contributed by atoms with Crippen molar-refractivity contribution in [2.24, 2.45) is 0 Å². The molecule has 0 aromatic heterocycles. The standard InChI is InChI=1S/C6H8O2S2/c1-3-5(9)8-4(2)6(10)7-3/h3-4H,1-2H3. The summed E-state index contributed by atoms with van der Waals surface area (Å²) in [5, 5.41) is 0.974. The van der Waals surface area contributed by atoms with Crippen LogP contribution in [0.2, 0.25) is 0 Å². The molecule has 10 heavy (non-hydrogen) atoms. The zero-order chi connectivity index (χ0) is 7.72. The lowest BCUT2D eigenvalue weighted by Gasteiger charge is -2.27. The summed E-state index contributed by atoms with van der Waals surface area (Å²) in [6.07, 6.45) is -0.336. The van der Waals surface area contributed by atoms with Crippen molar-refractivity contribution < 1.29 is 9.47 Å². The minimum atomic E-state index is -0.168. The zero-order valence-corrected chi connectivity index (χ0v) is 7.42. The van der Waals surface area contributed by atoms with Crippen LogP contribution < -0.4 is 0 Å². The Morgan fingerprint density at radius 2 is 1.30 bits per heavy atom. The molecule has 1 saturated heterocycles. The van der Waals surface area contributed by atoms with E-state index in [-0.39, 0.29) is 12.2 Å². The summed E-state index contributed by atoms with van der Waals surface area (Å²) in [5.41, 5.74) is 0. The highest BCUT2D eigenvalue weighted by Crippen LogP contribution is 2.11. The van der Waals surface area contributed by atoms with Gasteiger partial charge in [-0.25, -0.2) is 0 Å². The Hall–Kier alpha value is -0.220. The molecule has 0 bridgehead atoms. The molecule has 1 aliphatic rings. The first-order chi connectivity index (χ1) is 4.61. The van der Waals surface area contributed by atoms with Crippen molar-refractivity contribution in [3.63, 3.8) is 0 Å². The molecule has 2 atom stereocenters. The molecule has 56 valence electrons. The smallest absolute Gasteiger partial charge is 0.201 e. The molecule has 4 heteroatoms. The molecular formula is C6H8O2S2. The Kier molecular flexibility index (Phi) is 2.21. The molecule has 0 aromatic rings. The fraction of sp³-hybridized carbons (Fsp3) is 0.667. The van der Waals surface area contributed by atoms with Gasteiger partial charge in [0.05, 0.1) is 0 Å². The lowest BCUT2D eigenvalue weighted by molar-refractivity contribution is 0.135. The molecule has 1 fully saturated rings. The highest BCUT2D eigenvalue weighted by Gasteiger charge is 2.26. The molecule has 0 aromatic carbocycles. The maximum atomic E-state index is 5.18. The lowest BCUT2D eigenvalue weighted by Crippen LogP contribution is -2.39.